The van der Waals surface area contributed by atoms with Crippen LogP contribution >= 0.6 is 0 Å². The van der Waals surface area contributed by atoms with E-state index in [2.05, 4.69) is 6.92 Å². The molecule has 0 aromatic heterocycles. The monoisotopic (exact) mass is 184 g/mol. The van der Waals surface area contributed by atoms with Crippen molar-refractivity contribution in [3.05, 3.63) is 0 Å². The Morgan fingerprint density at radius 1 is 1.08 bits per heavy atom. The molecule has 0 heterocycles. The molecule has 0 saturated heterocycles. The van der Waals surface area contributed by atoms with E-state index in [1.54, 1.807) is 0 Å². The molecule has 1 saturated carbocycles. The van der Waals surface area contributed by atoms with Crippen molar-refractivity contribution in [2.24, 2.45) is 5.92 Å². The van der Waals surface area contributed by atoms with Crippen molar-refractivity contribution in [3.8, 4) is 0 Å². The lowest BCUT2D eigenvalue weighted by Gasteiger charge is -2.00. The molecule has 2 atom stereocenters. The maximum absolute atomic E-state index is 5.27. The Morgan fingerprint density at radius 2 is 1.77 bits per heavy atom. The molecule has 13 heavy (non-hydrogen) atoms. The van der Waals surface area contributed by atoms with Crippen LogP contribution in [0.3, 0.4) is 0 Å². The summed E-state index contributed by atoms with van der Waals surface area (Å²) in [5.74, 6) is 0.913. The molecule has 1 heteroatoms. The largest absolute Gasteiger partial charge is 0.381 e. The summed E-state index contributed by atoms with van der Waals surface area (Å²) >= 11 is 0. The fourth-order valence-electron chi connectivity index (χ4n) is 2.00. The van der Waals surface area contributed by atoms with E-state index in [-0.39, 0.29) is 0 Å². The van der Waals surface area contributed by atoms with Crippen LogP contribution in [0.25, 0.3) is 0 Å². The predicted octanol–water partition coefficient (Wildman–Crippen LogP) is 3.77. The number of unbranched alkanes of at least 4 members (excludes halogenated alkanes) is 5. The number of methoxy groups -OCH3 is 1. The zero-order valence-electron chi connectivity index (χ0n) is 9.22. The van der Waals surface area contributed by atoms with E-state index < -0.39 is 0 Å². The molecule has 0 spiro atoms. The molecule has 1 rings (SSSR count). The average molecular weight is 184 g/mol. The fraction of sp³-hybridized carbons (Fsp3) is 1.00. The molecule has 0 aromatic rings. The first-order valence-electron chi connectivity index (χ1n) is 5.91. The average Bonchev–Trinajstić information content (AvgIpc) is 2.90. The number of hydrogen-bond donors (Lipinski definition) is 0. The normalized spacial score (nSPS) is 26.3. The number of ether oxygens (including phenoxy) is 1. The van der Waals surface area contributed by atoms with E-state index in [0.717, 1.165) is 5.92 Å². The maximum atomic E-state index is 5.27. The van der Waals surface area contributed by atoms with Gasteiger partial charge in [-0.05, 0) is 18.8 Å². The smallest absolute Gasteiger partial charge is 0.0604 e. The number of hydrogen-bond acceptors (Lipinski definition) is 1. The minimum Gasteiger partial charge on any atom is -0.381 e. The molecule has 2 unspecified atom stereocenters. The predicted molar refractivity (Wildman–Crippen MR) is 56.9 cm³/mol. The molecule has 0 aliphatic heterocycles. The van der Waals surface area contributed by atoms with Gasteiger partial charge in [-0.25, -0.2) is 0 Å². The van der Waals surface area contributed by atoms with Gasteiger partial charge < -0.3 is 4.74 Å². The summed E-state index contributed by atoms with van der Waals surface area (Å²) in [7, 11) is 1.84. The molecule has 1 fully saturated rings. The summed E-state index contributed by atoms with van der Waals surface area (Å²) in [4.78, 5) is 0. The molecule has 1 nitrogen and oxygen atoms in total. The van der Waals surface area contributed by atoms with Gasteiger partial charge in [0.2, 0.25) is 0 Å². The number of rotatable bonds is 8. The van der Waals surface area contributed by atoms with Crippen LogP contribution < -0.4 is 0 Å². The lowest BCUT2D eigenvalue weighted by molar-refractivity contribution is 0.167. The SMILES string of the molecule is CCCCCCCCC1CC1OC. The lowest BCUT2D eigenvalue weighted by atomic mass is 10.1. The summed E-state index contributed by atoms with van der Waals surface area (Å²) in [6, 6.07) is 0. The van der Waals surface area contributed by atoms with E-state index >= 15 is 0 Å². The Kier molecular flexibility index (Phi) is 5.45. The van der Waals surface area contributed by atoms with Crippen LogP contribution in [0, 0.1) is 5.92 Å². The molecule has 1 aliphatic rings. The Labute approximate surface area is 82.9 Å². The van der Waals surface area contributed by atoms with Crippen molar-refractivity contribution >= 4 is 0 Å². The highest BCUT2D eigenvalue weighted by atomic mass is 16.5. The van der Waals surface area contributed by atoms with Gasteiger partial charge in [0.05, 0.1) is 6.10 Å². The molecule has 1 aliphatic carbocycles. The first kappa shape index (κ1) is 11.0. The second-order valence-electron chi connectivity index (χ2n) is 4.33. The lowest BCUT2D eigenvalue weighted by Crippen LogP contribution is -1.91. The third-order valence-electron chi connectivity index (χ3n) is 3.09. The van der Waals surface area contributed by atoms with Crippen molar-refractivity contribution in [1.29, 1.82) is 0 Å². The minimum absolute atomic E-state index is 0.621. The topological polar surface area (TPSA) is 9.23 Å². The van der Waals surface area contributed by atoms with Crippen LogP contribution in [0.1, 0.15) is 58.3 Å². The van der Waals surface area contributed by atoms with Crippen molar-refractivity contribution in [3.63, 3.8) is 0 Å². The van der Waals surface area contributed by atoms with Crippen molar-refractivity contribution < 1.29 is 4.74 Å². The first-order valence-corrected chi connectivity index (χ1v) is 5.91. The van der Waals surface area contributed by atoms with Crippen molar-refractivity contribution in [2.75, 3.05) is 7.11 Å². The Bertz CT molecular complexity index is 122. The Balaban J connectivity index is 1.75. The van der Waals surface area contributed by atoms with Crippen LogP contribution in [0.2, 0.25) is 0 Å². The van der Waals surface area contributed by atoms with Gasteiger partial charge in [-0.2, -0.15) is 0 Å². The second-order valence-corrected chi connectivity index (χ2v) is 4.33. The highest BCUT2D eigenvalue weighted by molar-refractivity contribution is 4.86. The summed E-state index contributed by atoms with van der Waals surface area (Å²) in [5, 5.41) is 0. The Hall–Kier alpha value is -0.0400. The van der Waals surface area contributed by atoms with Crippen LogP contribution in [-0.2, 0) is 4.74 Å². The summed E-state index contributed by atoms with van der Waals surface area (Å²) in [6.45, 7) is 2.27. The summed E-state index contributed by atoms with van der Waals surface area (Å²) < 4.78 is 5.27. The Morgan fingerprint density at radius 3 is 2.38 bits per heavy atom. The van der Waals surface area contributed by atoms with Gasteiger partial charge in [0.25, 0.3) is 0 Å². The molecule has 78 valence electrons. The van der Waals surface area contributed by atoms with E-state index in [1.807, 2.05) is 7.11 Å². The zero-order valence-corrected chi connectivity index (χ0v) is 9.22. The molecular formula is C12H24O. The van der Waals surface area contributed by atoms with Gasteiger partial charge >= 0.3 is 0 Å². The molecule has 0 aromatic carbocycles. The fourth-order valence-corrected chi connectivity index (χ4v) is 2.00. The quantitative estimate of drug-likeness (QED) is 0.522. The minimum atomic E-state index is 0.621. The second kappa shape index (κ2) is 6.42. The summed E-state index contributed by atoms with van der Waals surface area (Å²) in [6.07, 6.45) is 11.9. The van der Waals surface area contributed by atoms with Gasteiger partial charge in [-0.1, -0.05) is 45.4 Å². The van der Waals surface area contributed by atoms with Crippen LogP contribution in [0.15, 0.2) is 0 Å². The third-order valence-corrected chi connectivity index (χ3v) is 3.09. The molecule has 0 amide bonds. The van der Waals surface area contributed by atoms with E-state index in [4.69, 9.17) is 4.74 Å². The maximum Gasteiger partial charge on any atom is 0.0604 e. The van der Waals surface area contributed by atoms with Gasteiger partial charge in [-0.3, -0.25) is 0 Å². The van der Waals surface area contributed by atoms with Crippen molar-refractivity contribution in [1.82, 2.24) is 0 Å². The van der Waals surface area contributed by atoms with Crippen LogP contribution in [-0.4, -0.2) is 13.2 Å². The van der Waals surface area contributed by atoms with Gasteiger partial charge in [-0.15, -0.1) is 0 Å². The van der Waals surface area contributed by atoms with E-state index in [9.17, 15) is 0 Å². The molecule has 0 N–H and O–H groups in total. The standard InChI is InChI=1S/C12H24O/c1-3-4-5-6-7-8-9-11-10-12(11)13-2/h11-12H,3-10H2,1-2H3. The van der Waals surface area contributed by atoms with Crippen LogP contribution in [0.4, 0.5) is 0 Å². The zero-order chi connectivity index (χ0) is 9.52. The van der Waals surface area contributed by atoms with Gasteiger partial charge in [0.1, 0.15) is 0 Å². The third kappa shape index (κ3) is 4.66. The van der Waals surface area contributed by atoms with E-state index in [0.29, 0.717) is 6.10 Å². The van der Waals surface area contributed by atoms with Crippen LogP contribution in [0.5, 0.6) is 0 Å². The molecular weight excluding hydrogens is 160 g/mol. The van der Waals surface area contributed by atoms with Gasteiger partial charge in [0, 0.05) is 7.11 Å². The van der Waals surface area contributed by atoms with Gasteiger partial charge in [0.15, 0.2) is 0 Å². The summed E-state index contributed by atoms with van der Waals surface area (Å²) in [5.41, 5.74) is 0. The first-order chi connectivity index (χ1) is 6.38. The highest BCUT2D eigenvalue weighted by Gasteiger charge is 2.36. The highest BCUT2D eigenvalue weighted by Crippen LogP contribution is 2.37. The molecule has 0 bridgehead atoms. The molecule has 0 radical (unpaired) electrons. The van der Waals surface area contributed by atoms with Crippen molar-refractivity contribution in [2.45, 2.75) is 64.4 Å². The van der Waals surface area contributed by atoms with E-state index in [1.165, 1.54) is 51.4 Å².